The summed E-state index contributed by atoms with van der Waals surface area (Å²) in [6, 6.07) is 11.2. The van der Waals surface area contributed by atoms with Gasteiger partial charge in [-0.2, -0.15) is 4.98 Å². The van der Waals surface area contributed by atoms with E-state index in [1.807, 2.05) is 57.2 Å². The SMILES string of the molecule is C=C(C)/C=c1\c(=C/C)cc(-c2cc(Nc3noc(-c4ccc(OC)nc4)n3)ccc2C)c(=O)n1C.CCC. The quantitative estimate of drug-likeness (QED) is 0.382. The van der Waals surface area contributed by atoms with E-state index in [1.165, 1.54) is 6.42 Å². The van der Waals surface area contributed by atoms with Gasteiger partial charge in [0, 0.05) is 30.6 Å². The highest BCUT2D eigenvalue weighted by Gasteiger charge is 2.13. The highest BCUT2D eigenvalue weighted by Crippen LogP contribution is 2.26. The van der Waals surface area contributed by atoms with Gasteiger partial charge in [0.25, 0.3) is 17.4 Å². The number of anilines is 2. The number of aromatic nitrogens is 4. The van der Waals surface area contributed by atoms with Crippen LogP contribution in [0.2, 0.25) is 0 Å². The Bertz CT molecular complexity index is 1600. The summed E-state index contributed by atoms with van der Waals surface area (Å²) < 4.78 is 12.1. The van der Waals surface area contributed by atoms with Crippen LogP contribution >= 0.6 is 0 Å². The summed E-state index contributed by atoms with van der Waals surface area (Å²) in [7, 11) is 3.33. The molecule has 1 N–H and O–H groups in total. The van der Waals surface area contributed by atoms with Gasteiger partial charge in [-0.05, 0) is 72.6 Å². The van der Waals surface area contributed by atoms with Crippen molar-refractivity contribution in [1.29, 1.82) is 0 Å². The largest absolute Gasteiger partial charge is 0.481 e. The fraction of sp³-hybridized carbons (Fsp3) is 0.267. The third-order valence-corrected chi connectivity index (χ3v) is 5.59. The molecule has 38 heavy (non-hydrogen) atoms. The van der Waals surface area contributed by atoms with E-state index in [0.717, 1.165) is 33.0 Å². The first-order chi connectivity index (χ1) is 18.2. The second-order valence-corrected chi connectivity index (χ2v) is 8.92. The average molecular weight is 514 g/mol. The number of benzene rings is 1. The van der Waals surface area contributed by atoms with E-state index in [0.29, 0.717) is 28.8 Å². The summed E-state index contributed by atoms with van der Waals surface area (Å²) in [5.74, 6) is 1.13. The second-order valence-electron chi connectivity index (χ2n) is 8.92. The van der Waals surface area contributed by atoms with Gasteiger partial charge in [0.05, 0.1) is 18.0 Å². The Hall–Kier alpha value is -4.46. The summed E-state index contributed by atoms with van der Waals surface area (Å²) in [5, 5.41) is 8.96. The summed E-state index contributed by atoms with van der Waals surface area (Å²) in [5.41, 5.74) is 4.61. The molecule has 0 aliphatic rings. The Kier molecular flexibility index (Phi) is 9.38. The van der Waals surface area contributed by atoms with Crippen molar-refractivity contribution in [3.63, 3.8) is 0 Å². The van der Waals surface area contributed by atoms with Crippen LogP contribution in [0.1, 0.15) is 39.7 Å². The number of hydrogen-bond acceptors (Lipinski definition) is 7. The van der Waals surface area contributed by atoms with Gasteiger partial charge >= 0.3 is 0 Å². The number of allylic oxidation sites excluding steroid dienone is 1. The number of nitrogens with one attached hydrogen (secondary N) is 1. The van der Waals surface area contributed by atoms with E-state index in [-0.39, 0.29) is 5.56 Å². The lowest BCUT2D eigenvalue weighted by Crippen LogP contribution is -2.42. The van der Waals surface area contributed by atoms with Crippen molar-refractivity contribution < 1.29 is 9.26 Å². The lowest BCUT2D eigenvalue weighted by atomic mass is 10.00. The van der Waals surface area contributed by atoms with Gasteiger partial charge < -0.3 is 19.1 Å². The van der Waals surface area contributed by atoms with Crippen LogP contribution in [0.4, 0.5) is 11.6 Å². The Morgan fingerprint density at radius 3 is 2.53 bits per heavy atom. The van der Waals surface area contributed by atoms with Crippen LogP contribution < -0.4 is 26.2 Å². The van der Waals surface area contributed by atoms with Gasteiger partial charge in [0.1, 0.15) is 0 Å². The number of pyridine rings is 2. The second kappa shape index (κ2) is 12.7. The molecule has 3 heterocycles. The van der Waals surface area contributed by atoms with Gasteiger partial charge in [-0.15, -0.1) is 0 Å². The Labute approximate surface area is 223 Å². The molecule has 8 heteroatoms. The van der Waals surface area contributed by atoms with Crippen molar-refractivity contribution in [3.05, 3.63) is 81.2 Å². The van der Waals surface area contributed by atoms with Crippen molar-refractivity contribution in [2.24, 2.45) is 7.05 Å². The Balaban J connectivity index is 0.00000127. The molecule has 0 amide bonds. The molecule has 4 aromatic rings. The third-order valence-electron chi connectivity index (χ3n) is 5.59. The monoisotopic (exact) mass is 513 g/mol. The van der Waals surface area contributed by atoms with E-state index in [9.17, 15) is 4.79 Å². The van der Waals surface area contributed by atoms with Crippen molar-refractivity contribution in [3.8, 4) is 28.5 Å². The van der Waals surface area contributed by atoms with Crippen LogP contribution in [-0.4, -0.2) is 26.8 Å². The molecule has 4 rings (SSSR count). The minimum absolute atomic E-state index is 0.0859. The molecule has 0 atom stereocenters. The number of ether oxygens (including phenoxy) is 1. The van der Waals surface area contributed by atoms with Crippen LogP contribution in [0.15, 0.2) is 64.1 Å². The molecule has 0 saturated carbocycles. The number of methoxy groups -OCH3 is 1. The minimum atomic E-state index is -0.0859. The lowest BCUT2D eigenvalue weighted by Gasteiger charge is -2.11. The predicted molar refractivity (Wildman–Crippen MR) is 154 cm³/mol. The highest BCUT2D eigenvalue weighted by molar-refractivity contribution is 5.72. The first-order valence-corrected chi connectivity index (χ1v) is 12.5. The van der Waals surface area contributed by atoms with Crippen LogP contribution in [0.3, 0.4) is 0 Å². The topological polar surface area (TPSA) is 95.1 Å². The van der Waals surface area contributed by atoms with Crippen LogP contribution in [-0.2, 0) is 7.05 Å². The fourth-order valence-corrected chi connectivity index (χ4v) is 3.75. The molecule has 0 fully saturated rings. The number of aryl methyl sites for hydroxylation is 1. The molecule has 0 saturated heterocycles. The highest BCUT2D eigenvalue weighted by atomic mass is 16.5. The maximum absolute atomic E-state index is 13.3. The van der Waals surface area contributed by atoms with Crippen LogP contribution in [0, 0.1) is 6.92 Å². The van der Waals surface area contributed by atoms with Gasteiger partial charge in [0.15, 0.2) is 0 Å². The van der Waals surface area contributed by atoms with E-state index >= 15 is 0 Å². The van der Waals surface area contributed by atoms with Crippen LogP contribution in [0.5, 0.6) is 5.88 Å². The zero-order valence-corrected chi connectivity index (χ0v) is 23.1. The number of hydrogen-bond donors (Lipinski definition) is 1. The smallest absolute Gasteiger partial charge is 0.268 e. The molecule has 0 unspecified atom stereocenters. The Morgan fingerprint density at radius 1 is 1.18 bits per heavy atom. The molecule has 3 aromatic heterocycles. The van der Waals surface area contributed by atoms with Crippen molar-refractivity contribution >= 4 is 23.8 Å². The first-order valence-electron chi connectivity index (χ1n) is 12.5. The fourth-order valence-electron chi connectivity index (χ4n) is 3.75. The van der Waals surface area contributed by atoms with Crippen molar-refractivity contribution in [2.75, 3.05) is 12.4 Å². The maximum Gasteiger partial charge on any atom is 0.268 e. The van der Waals surface area contributed by atoms with E-state index < -0.39 is 0 Å². The molecule has 0 spiro atoms. The number of nitrogens with zero attached hydrogens (tertiary/aromatic N) is 4. The lowest BCUT2D eigenvalue weighted by molar-refractivity contribution is 0.397. The Morgan fingerprint density at radius 2 is 1.92 bits per heavy atom. The van der Waals surface area contributed by atoms with Crippen LogP contribution in [0.25, 0.3) is 34.7 Å². The first kappa shape index (κ1) is 28.1. The van der Waals surface area contributed by atoms with E-state index in [1.54, 1.807) is 37.1 Å². The minimum Gasteiger partial charge on any atom is -0.481 e. The summed E-state index contributed by atoms with van der Waals surface area (Å²) >= 11 is 0. The molecule has 198 valence electrons. The average Bonchev–Trinajstić information content (AvgIpc) is 3.37. The predicted octanol–water partition coefficient (Wildman–Crippen LogP) is 5.13. The molecular formula is C30H35N5O3. The maximum atomic E-state index is 13.3. The van der Waals surface area contributed by atoms with Gasteiger partial charge in [-0.3, -0.25) is 4.79 Å². The molecular weight excluding hydrogens is 478 g/mol. The van der Waals surface area contributed by atoms with E-state index in [4.69, 9.17) is 9.26 Å². The molecule has 0 aliphatic heterocycles. The third kappa shape index (κ3) is 6.45. The molecule has 1 aromatic carbocycles. The van der Waals surface area contributed by atoms with E-state index in [2.05, 4.69) is 40.9 Å². The van der Waals surface area contributed by atoms with Gasteiger partial charge in [-0.1, -0.05) is 44.6 Å². The zero-order valence-electron chi connectivity index (χ0n) is 23.1. The van der Waals surface area contributed by atoms with Gasteiger partial charge in [0.2, 0.25) is 5.88 Å². The van der Waals surface area contributed by atoms with Gasteiger partial charge in [-0.25, -0.2) is 4.98 Å². The molecule has 0 aliphatic carbocycles. The molecule has 0 radical (unpaired) electrons. The summed E-state index contributed by atoms with van der Waals surface area (Å²) in [4.78, 5) is 21.9. The summed E-state index contributed by atoms with van der Waals surface area (Å²) in [6.07, 6.45) is 6.76. The standard InChI is InChI=1S/C27H27N5O3.C3H8/c1-7-18-13-22(26(33)32(5)23(18)12-16(2)3)21-14-20(10-8-17(21)4)29-27-30-25(35-31-27)19-9-11-24(34-6)28-15-19;1-3-2/h7-15H,2H2,1,3-6H3,(H,29,31);3H2,1-2H3/b18-7-,23-12+;. The summed E-state index contributed by atoms with van der Waals surface area (Å²) in [6.45, 7) is 14.0. The molecule has 8 nitrogen and oxygen atoms in total. The number of rotatable bonds is 6. The van der Waals surface area contributed by atoms with Crippen molar-refractivity contribution in [2.45, 2.75) is 41.0 Å². The molecule has 0 bridgehead atoms. The zero-order chi connectivity index (χ0) is 27.8. The van der Waals surface area contributed by atoms with Crippen molar-refractivity contribution in [1.82, 2.24) is 19.7 Å². The normalized spacial score (nSPS) is 11.7.